The summed E-state index contributed by atoms with van der Waals surface area (Å²) in [5.41, 5.74) is 2.18. The minimum Gasteiger partial charge on any atom is -0.411 e. The van der Waals surface area contributed by atoms with Crippen molar-refractivity contribution in [2.24, 2.45) is 5.16 Å². The van der Waals surface area contributed by atoms with E-state index in [1.165, 1.54) is 12.1 Å². The van der Waals surface area contributed by atoms with Crippen LogP contribution in [0.3, 0.4) is 0 Å². The average molecular weight is 230 g/mol. The fraction of sp³-hybridized carbons (Fsp3) is 0.0769. The van der Waals surface area contributed by atoms with Gasteiger partial charge in [-0.1, -0.05) is 17.3 Å². The van der Waals surface area contributed by atoms with Crippen molar-refractivity contribution >= 4 is 5.71 Å². The third-order valence-electron chi connectivity index (χ3n) is 2.42. The number of nitrogens with zero attached hydrogens (tertiary/aromatic N) is 2. The van der Waals surface area contributed by atoms with Gasteiger partial charge in [-0.3, -0.25) is 4.98 Å². The van der Waals surface area contributed by atoms with E-state index in [4.69, 9.17) is 5.21 Å². The zero-order valence-corrected chi connectivity index (χ0v) is 9.05. The zero-order chi connectivity index (χ0) is 12.1. The molecule has 4 heteroatoms. The molecule has 1 aromatic heterocycles. The predicted molar refractivity (Wildman–Crippen MR) is 62.7 cm³/mol. The summed E-state index contributed by atoms with van der Waals surface area (Å²) < 4.78 is 12.8. The molecule has 0 saturated carbocycles. The van der Waals surface area contributed by atoms with E-state index < -0.39 is 0 Å². The van der Waals surface area contributed by atoms with Crippen molar-refractivity contribution in [1.29, 1.82) is 0 Å². The molecule has 0 unspecified atom stereocenters. The highest BCUT2D eigenvalue weighted by atomic mass is 19.1. The van der Waals surface area contributed by atoms with E-state index in [-0.39, 0.29) is 5.82 Å². The molecule has 0 saturated heterocycles. The van der Waals surface area contributed by atoms with Crippen molar-refractivity contribution < 1.29 is 9.60 Å². The van der Waals surface area contributed by atoms with Crippen LogP contribution in [0.1, 0.15) is 11.1 Å². The monoisotopic (exact) mass is 230 g/mol. The molecule has 3 nitrogen and oxygen atoms in total. The third-order valence-corrected chi connectivity index (χ3v) is 2.42. The first-order chi connectivity index (χ1) is 8.29. The van der Waals surface area contributed by atoms with Crippen LogP contribution in [0.4, 0.5) is 4.39 Å². The number of benzene rings is 1. The van der Waals surface area contributed by atoms with Crippen LogP contribution < -0.4 is 0 Å². The molecule has 0 amide bonds. The van der Waals surface area contributed by atoms with E-state index in [0.717, 1.165) is 5.56 Å². The SMILES string of the molecule is O/N=C(/Cc1ccncc1)c1ccc(F)cc1. The summed E-state index contributed by atoms with van der Waals surface area (Å²) in [6.07, 6.45) is 3.83. The Bertz CT molecular complexity index is 509. The van der Waals surface area contributed by atoms with Crippen LogP contribution in [0.2, 0.25) is 0 Å². The Kier molecular flexibility index (Phi) is 3.45. The molecule has 0 spiro atoms. The number of rotatable bonds is 3. The Morgan fingerprint density at radius 2 is 1.76 bits per heavy atom. The van der Waals surface area contributed by atoms with E-state index in [2.05, 4.69) is 10.1 Å². The largest absolute Gasteiger partial charge is 0.411 e. The van der Waals surface area contributed by atoms with Gasteiger partial charge in [0.15, 0.2) is 0 Å². The van der Waals surface area contributed by atoms with Crippen LogP contribution in [0.5, 0.6) is 0 Å². The number of hydrogen-bond donors (Lipinski definition) is 1. The summed E-state index contributed by atoms with van der Waals surface area (Å²) in [5.74, 6) is -0.310. The van der Waals surface area contributed by atoms with Crippen LogP contribution in [0.15, 0.2) is 53.9 Å². The van der Waals surface area contributed by atoms with Gasteiger partial charge in [0.25, 0.3) is 0 Å². The van der Waals surface area contributed by atoms with Crippen LogP contribution in [-0.2, 0) is 6.42 Å². The molecule has 1 N–H and O–H groups in total. The summed E-state index contributed by atoms with van der Waals surface area (Å²) in [4.78, 5) is 3.91. The Balaban J connectivity index is 2.21. The number of pyridine rings is 1. The van der Waals surface area contributed by atoms with Gasteiger partial charge in [-0.2, -0.15) is 0 Å². The van der Waals surface area contributed by atoms with Gasteiger partial charge < -0.3 is 5.21 Å². The summed E-state index contributed by atoms with van der Waals surface area (Å²) in [6.45, 7) is 0. The van der Waals surface area contributed by atoms with E-state index >= 15 is 0 Å². The average Bonchev–Trinajstić information content (AvgIpc) is 2.38. The highest BCUT2D eigenvalue weighted by molar-refractivity contribution is 6.01. The van der Waals surface area contributed by atoms with Gasteiger partial charge >= 0.3 is 0 Å². The number of hydrogen-bond acceptors (Lipinski definition) is 3. The molecule has 0 aliphatic carbocycles. The molecule has 1 heterocycles. The smallest absolute Gasteiger partial charge is 0.123 e. The first kappa shape index (κ1) is 11.3. The van der Waals surface area contributed by atoms with Gasteiger partial charge in [0.2, 0.25) is 0 Å². The lowest BCUT2D eigenvalue weighted by Crippen LogP contribution is -2.05. The molecule has 0 radical (unpaired) electrons. The van der Waals surface area contributed by atoms with Crippen molar-refractivity contribution in [2.75, 3.05) is 0 Å². The van der Waals surface area contributed by atoms with Crippen LogP contribution in [0.25, 0.3) is 0 Å². The molecular weight excluding hydrogens is 219 g/mol. The van der Waals surface area contributed by atoms with Crippen LogP contribution >= 0.6 is 0 Å². The third kappa shape index (κ3) is 2.87. The Hall–Kier alpha value is -2.23. The fourth-order valence-corrected chi connectivity index (χ4v) is 1.53. The quantitative estimate of drug-likeness (QED) is 0.500. The van der Waals surface area contributed by atoms with E-state index in [1.54, 1.807) is 24.5 Å². The van der Waals surface area contributed by atoms with E-state index in [9.17, 15) is 4.39 Å². The second kappa shape index (κ2) is 5.21. The summed E-state index contributed by atoms with van der Waals surface area (Å²) in [5, 5.41) is 12.2. The van der Waals surface area contributed by atoms with Crippen LogP contribution in [-0.4, -0.2) is 15.9 Å². The molecule has 0 aliphatic rings. The van der Waals surface area contributed by atoms with Crippen molar-refractivity contribution in [3.05, 3.63) is 65.7 Å². The molecule has 17 heavy (non-hydrogen) atoms. The maximum Gasteiger partial charge on any atom is 0.123 e. The maximum atomic E-state index is 12.8. The Morgan fingerprint density at radius 3 is 2.35 bits per heavy atom. The molecular formula is C13H11FN2O. The molecule has 0 aliphatic heterocycles. The number of oxime groups is 1. The molecule has 0 atom stereocenters. The predicted octanol–water partition coefficient (Wildman–Crippen LogP) is 2.64. The van der Waals surface area contributed by atoms with Gasteiger partial charge in [-0.05, 0) is 35.4 Å². The summed E-state index contributed by atoms with van der Waals surface area (Å²) in [6, 6.07) is 9.54. The number of halogens is 1. The maximum absolute atomic E-state index is 12.8. The molecule has 0 bridgehead atoms. The first-order valence-corrected chi connectivity index (χ1v) is 5.15. The minimum atomic E-state index is -0.310. The molecule has 86 valence electrons. The fourth-order valence-electron chi connectivity index (χ4n) is 1.53. The molecule has 1 aromatic carbocycles. The van der Waals surface area contributed by atoms with E-state index in [1.807, 2.05) is 12.1 Å². The highest BCUT2D eigenvalue weighted by Gasteiger charge is 2.05. The Morgan fingerprint density at radius 1 is 1.12 bits per heavy atom. The highest BCUT2D eigenvalue weighted by Crippen LogP contribution is 2.09. The van der Waals surface area contributed by atoms with Crippen molar-refractivity contribution in [2.45, 2.75) is 6.42 Å². The zero-order valence-electron chi connectivity index (χ0n) is 9.05. The van der Waals surface area contributed by atoms with Gasteiger partial charge in [0.1, 0.15) is 5.82 Å². The standard InChI is InChI=1S/C13H11FN2O/c14-12-3-1-11(2-4-12)13(16-17)9-10-5-7-15-8-6-10/h1-8,17H,9H2/b16-13-. The second-order valence-corrected chi connectivity index (χ2v) is 3.59. The normalized spacial score (nSPS) is 11.5. The summed E-state index contributed by atoms with van der Waals surface area (Å²) in [7, 11) is 0. The van der Waals surface area contributed by atoms with Gasteiger partial charge in [0, 0.05) is 18.8 Å². The molecule has 2 aromatic rings. The number of aromatic nitrogens is 1. The van der Waals surface area contributed by atoms with Crippen molar-refractivity contribution in [3.8, 4) is 0 Å². The van der Waals surface area contributed by atoms with Crippen molar-refractivity contribution in [1.82, 2.24) is 4.98 Å². The molecule has 0 fully saturated rings. The lowest BCUT2D eigenvalue weighted by molar-refractivity contribution is 0.318. The van der Waals surface area contributed by atoms with Gasteiger partial charge in [0.05, 0.1) is 5.71 Å². The van der Waals surface area contributed by atoms with Gasteiger partial charge in [-0.15, -0.1) is 0 Å². The van der Waals surface area contributed by atoms with Crippen molar-refractivity contribution in [3.63, 3.8) is 0 Å². The van der Waals surface area contributed by atoms with E-state index in [0.29, 0.717) is 17.7 Å². The lowest BCUT2D eigenvalue weighted by atomic mass is 10.0. The second-order valence-electron chi connectivity index (χ2n) is 3.59. The minimum absolute atomic E-state index is 0.310. The van der Waals surface area contributed by atoms with Gasteiger partial charge in [-0.25, -0.2) is 4.39 Å². The molecule has 2 rings (SSSR count). The lowest BCUT2D eigenvalue weighted by Gasteiger charge is -2.04. The topological polar surface area (TPSA) is 45.5 Å². The van der Waals surface area contributed by atoms with Crippen LogP contribution in [0, 0.1) is 5.82 Å². The first-order valence-electron chi connectivity index (χ1n) is 5.15. The Labute approximate surface area is 98.2 Å². The summed E-state index contributed by atoms with van der Waals surface area (Å²) >= 11 is 0.